The average Bonchev–Trinajstić information content (AvgIpc) is 2.80. The lowest BCUT2D eigenvalue weighted by Crippen LogP contribution is -2.40. The van der Waals surface area contributed by atoms with Gasteiger partial charge < -0.3 is 15.1 Å². The summed E-state index contributed by atoms with van der Waals surface area (Å²) < 4.78 is 0. The largest absolute Gasteiger partial charge is 0.480 e. The summed E-state index contributed by atoms with van der Waals surface area (Å²) in [7, 11) is 0. The van der Waals surface area contributed by atoms with Crippen molar-refractivity contribution in [1.82, 2.24) is 4.90 Å². The molecule has 1 saturated heterocycles. The maximum Gasteiger partial charge on any atom is 0.326 e. The molecule has 2 unspecified atom stereocenters. The number of nitrogens with zero attached hydrogens (tertiary/aromatic N) is 2. The van der Waals surface area contributed by atoms with Crippen molar-refractivity contribution < 1.29 is 19.8 Å². The first-order valence-corrected chi connectivity index (χ1v) is 5.75. The molecule has 0 bridgehead atoms. The summed E-state index contributed by atoms with van der Waals surface area (Å²) in [6, 6.07) is 6.88. The van der Waals surface area contributed by atoms with Crippen molar-refractivity contribution >= 4 is 11.9 Å². The Bertz CT molecular complexity index is 547. The first-order chi connectivity index (χ1) is 9.02. The summed E-state index contributed by atoms with van der Waals surface area (Å²) >= 11 is 0. The maximum atomic E-state index is 12.2. The van der Waals surface area contributed by atoms with Gasteiger partial charge in [0.25, 0.3) is 5.91 Å². The Kier molecular flexibility index (Phi) is 3.49. The summed E-state index contributed by atoms with van der Waals surface area (Å²) in [5.41, 5.74) is 0.729. The minimum Gasteiger partial charge on any atom is -0.480 e. The molecule has 1 aliphatic heterocycles. The van der Waals surface area contributed by atoms with E-state index in [-0.39, 0.29) is 13.0 Å². The number of aliphatic hydroxyl groups is 1. The van der Waals surface area contributed by atoms with Gasteiger partial charge in [-0.25, -0.2) is 4.79 Å². The van der Waals surface area contributed by atoms with Gasteiger partial charge >= 0.3 is 5.97 Å². The Hall–Kier alpha value is -2.39. The van der Waals surface area contributed by atoms with Crippen LogP contribution in [0.4, 0.5) is 0 Å². The summed E-state index contributed by atoms with van der Waals surface area (Å²) in [6.07, 6.45) is -0.777. The number of β-amino-alcohol motifs (C(OH)–C–C–N with tert-alkyl or cyclic N) is 1. The highest BCUT2D eigenvalue weighted by Gasteiger charge is 2.39. The minimum absolute atomic E-state index is 0.00972. The smallest absolute Gasteiger partial charge is 0.326 e. The molecule has 1 aromatic rings. The molecular weight excluding hydrogens is 248 g/mol. The SMILES string of the molecule is N#Cc1ccc(C(=O)N2CC(O)CC2C(=O)O)cc1. The monoisotopic (exact) mass is 260 g/mol. The van der Waals surface area contributed by atoms with Crippen LogP contribution >= 0.6 is 0 Å². The maximum absolute atomic E-state index is 12.2. The van der Waals surface area contributed by atoms with E-state index in [1.165, 1.54) is 24.3 Å². The van der Waals surface area contributed by atoms with E-state index >= 15 is 0 Å². The normalized spacial score (nSPS) is 22.0. The van der Waals surface area contributed by atoms with Crippen molar-refractivity contribution in [2.45, 2.75) is 18.6 Å². The van der Waals surface area contributed by atoms with E-state index in [2.05, 4.69) is 0 Å². The standard InChI is InChI=1S/C13H12N2O4/c14-6-8-1-3-9(4-2-8)12(17)15-7-10(16)5-11(15)13(18)19/h1-4,10-11,16H,5,7H2,(H,18,19). The Balaban J connectivity index is 2.22. The first-order valence-electron chi connectivity index (χ1n) is 5.75. The molecule has 2 atom stereocenters. The number of aliphatic hydroxyl groups excluding tert-OH is 1. The minimum atomic E-state index is -1.13. The molecule has 1 aromatic carbocycles. The summed E-state index contributed by atoms with van der Waals surface area (Å²) in [6.45, 7) is 0.00972. The molecule has 2 rings (SSSR count). The average molecular weight is 260 g/mol. The molecule has 2 N–H and O–H groups in total. The zero-order chi connectivity index (χ0) is 14.0. The lowest BCUT2D eigenvalue weighted by molar-refractivity contribution is -0.141. The van der Waals surface area contributed by atoms with Crippen molar-refractivity contribution in [2.24, 2.45) is 0 Å². The number of aliphatic carboxylic acids is 1. The molecule has 98 valence electrons. The number of carbonyl (C=O) groups is 2. The van der Waals surface area contributed by atoms with E-state index in [0.717, 1.165) is 4.90 Å². The Morgan fingerprint density at radius 2 is 1.95 bits per heavy atom. The van der Waals surface area contributed by atoms with Gasteiger partial charge in [0.2, 0.25) is 0 Å². The number of amides is 1. The van der Waals surface area contributed by atoms with Crippen molar-refractivity contribution in [3.63, 3.8) is 0 Å². The zero-order valence-electron chi connectivity index (χ0n) is 9.98. The van der Waals surface area contributed by atoms with E-state index in [0.29, 0.717) is 11.1 Å². The Morgan fingerprint density at radius 1 is 1.32 bits per heavy atom. The number of carbonyl (C=O) groups excluding carboxylic acids is 1. The molecule has 0 aliphatic carbocycles. The van der Waals surface area contributed by atoms with Gasteiger partial charge in [-0.1, -0.05) is 0 Å². The van der Waals surface area contributed by atoms with Gasteiger partial charge in [0.1, 0.15) is 6.04 Å². The first kappa shape index (κ1) is 13.1. The molecule has 6 heteroatoms. The number of carboxylic acid groups (broad SMARTS) is 1. The fraction of sp³-hybridized carbons (Fsp3) is 0.308. The second-order valence-corrected chi connectivity index (χ2v) is 4.39. The quantitative estimate of drug-likeness (QED) is 0.791. The van der Waals surface area contributed by atoms with Crippen LogP contribution in [0.3, 0.4) is 0 Å². The fourth-order valence-electron chi connectivity index (χ4n) is 2.13. The van der Waals surface area contributed by atoms with Gasteiger partial charge in [0.05, 0.1) is 17.7 Å². The zero-order valence-corrected chi connectivity index (χ0v) is 9.98. The van der Waals surface area contributed by atoms with Crippen LogP contribution in [-0.4, -0.2) is 45.7 Å². The van der Waals surface area contributed by atoms with E-state index < -0.39 is 24.0 Å². The van der Waals surface area contributed by atoms with Crippen LogP contribution in [0, 0.1) is 11.3 Å². The van der Waals surface area contributed by atoms with Crippen LogP contribution in [-0.2, 0) is 4.79 Å². The van der Waals surface area contributed by atoms with Crippen molar-refractivity contribution in [3.8, 4) is 6.07 Å². The highest BCUT2D eigenvalue weighted by atomic mass is 16.4. The third-order valence-corrected chi connectivity index (χ3v) is 3.09. The third-order valence-electron chi connectivity index (χ3n) is 3.09. The van der Waals surface area contributed by atoms with Gasteiger partial charge in [-0.15, -0.1) is 0 Å². The van der Waals surface area contributed by atoms with E-state index in [4.69, 9.17) is 10.4 Å². The molecule has 19 heavy (non-hydrogen) atoms. The lowest BCUT2D eigenvalue weighted by atomic mass is 10.1. The fourth-order valence-corrected chi connectivity index (χ4v) is 2.13. The third kappa shape index (κ3) is 2.56. The van der Waals surface area contributed by atoms with Crippen LogP contribution in [0.5, 0.6) is 0 Å². The molecule has 0 saturated carbocycles. The number of nitriles is 1. The van der Waals surface area contributed by atoms with Gasteiger partial charge in [0.15, 0.2) is 0 Å². The van der Waals surface area contributed by atoms with Gasteiger partial charge in [-0.2, -0.15) is 5.26 Å². The molecule has 0 spiro atoms. The second-order valence-electron chi connectivity index (χ2n) is 4.39. The van der Waals surface area contributed by atoms with Crippen molar-refractivity contribution in [1.29, 1.82) is 5.26 Å². The Labute approximate surface area is 109 Å². The van der Waals surface area contributed by atoms with Crippen LogP contribution in [0.15, 0.2) is 24.3 Å². The molecule has 1 fully saturated rings. The van der Waals surface area contributed by atoms with Crippen LogP contribution < -0.4 is 0 Å². The second kappa shape index (κ2) is 5.08. The number of carboxylic acids is 1. The predicted molar refractivity (Wildman–Crippen MR) is 64.2 cm³/mol. The van der Waals surface area contributed by atoms with Crippen molar-refractivity contribution in [3.05, 3.63) is 35.4 Å². The van der Waals surface area contributed by atoms with Gasteiger partial charge in [-0.3, -0.25) is 4.79 Å². The Morgan fingerprint density at radius 3 is 2.47 bits per heavy atom. The highest BCUT2D eigenvalue weighted by Crippen LogP contribution is 2.21. The topological polar surface area (TPSA) is 102 Å². The number of likely N-dealkylation sites (tertiary alicyclic amines) is 1. The summed E-state index contributed by atoms with van der Waals surface area (Å²) in [4.78, 5) is 24.4. The molecule has 0 radical (unpaired) electrons. The van der Waals surface area contributed by atoms with Crippen LogP contribution in [0.2, 0.25) is 0 Å². The number of hydrogen-bond donors (Lipinski definition) is 2. The van der Waals surface area contributed by atoms with Crippen LogP contribution in [0.1, 0.15) is 22.3 Å². The van der Waals surface area contributed by atoms with E-state index in [1.54, 1.807) is 0 Å². The van der Waals surface area contributed by atoms with Crippen molar-refractivity contribution in [2.75, 3.05) is 6.54 Å². The molecule has 1 heterocycles. The van der Waals surface area contributed by atoms with Gasteiger partial charge in [0, 0.05) is 18.5 Å². The predicted octanol–water partition coefficient (Wildman–Crippen LogP) is 0.218. The number of hydrogen-bond acceptors (Lipinski definition) is 4. The molecule has 1 amide bonds. The van der Waals surface area contributed by atoms with Crippen LogP contribution in [0.25, 0.3) is 0 Å². The number of rotatable bonds is 2. The lowest BCUT2D eigenvalue weighted by Gasteiger charge is -2.21. The molecule has 0 aromatic heterocycles. The van der Waals surface area contributed by atoms with E-state index in [1.807, 2.05) is 6.07 Å². The number of benzene rings is 1. The van der Waals surface area contributed by atoms with E-state index in [9.17, 15) is 14.7 Å². The molecule has 1 aliphatic rings. The van der Waals surface area contributed by atoms with Gasteiger partial charge in [-0.05, 0) is 24.3 Å². The molecular formula is C13H12N2O4. The molecule has 6 nitrogen and oxygen atoms in total. The highest BCUT2D eigenvalue weighted by molar-refractivity contribution is 5.97. The summed E-state index contributed by atoms with van der Waals surface area (Å²) in [5, 5.41) is 27.2. The summed E-state index contributed by atoms with van der Waals surface area (Å²) in [5.74, 6) is -1.58.